The van der Waals surface area contributed by atoms with Crippen LogP contribution in [0.4, 0.5) is 11.5 Å². The number of fused-ring (bicyclic) bond motifs is 2. The van der Waals surface area contributed by atoms with Crippen LogP contribution in [0.1, 0.15) is 5.69 Å². The Kier molecular flexibility index (Phi) is 3.18. The molecule has 0 aliphatic carbocycles. The summed E-state index contributed by atoms with van der Waals surface area (Å²) >= 11 is 0. The zero-order valence-corrected chi connectivity index (χ0v) is 14.0. The monoisotopic (exact) mass is 341 g/mol. The lowest BCUT2D eigenvalue weighted by Crippen LogP contribution is -1.97. The van der Waals surface area contributed by atoms with Crippen molar-refractivity contribution in [3.8, 4) is 11.4 Å². The van der Waals surface area contributed by atoms with Gasteiger partial charge in [0.25, 0.3) is 0 Å². The van der Waals surface area contributed by atoms with E-state index in [9.17, 15) is 0 Å². The van der Waals surface area contributed by atoms with Crippen LogP contribution in [0.5, 0.6) is 0 Å². The number of anilines is 2. The number of nitrogens with one attached hydrogen (secondary N) is 3. The van der Waals surface area contributed by atoms with Crippen molar-refractivity contribution in [2.45, 2.75) is 6.92 Å². The number of nitrogens with zero attached hydrogens (tertiary/aromatic N) is 4. The van der Waals surface area contributed by atoms with Gasteiger partial charge in [0.2, 0.25) is 0 Å². The topological polar surface area (TPSA) is 95.2 Å². The van der Waals surface area contributed by atoms with Gasteiger partial charge in [-0.25, -0.2) is 9.97 Å². The van der Waals surface area contributed by atoms with Crippen molar-refractivity contribution in [3.63, 3.8) is 0 Å². The molecule has 5 rings (SSSR count). The molecule has 0 fully saturated rings. The van der Waals surface area contributed by atoms with E-state index in [0.29, 0.717) is 5.82 Å². The first-order valence-electron chi connectivity index (χ1n) is 8.23. The number of aromatic nitrogens is 6. The summed E-state index contributed by atoms with van der Waals surface area (Å²) in [6.07, 6.45) is 5.34. The van der Waals surface area contributed by atoms with Crippen LogP contribution >= 0.6 is 0 Å². The summed E-state index contributed by atoms with van der Waals surface area (Å²) < 4.78 is 0. The number of hydrogen-bond donors (Lipinski definition) is 3. The van der Waals surface area contributed by atoms with E-state index in [0.717, 1.165) is 44.7 Å². The Balaban J connectivity index is 1.48. The van der Waals surface area contributed by atoms with Gasteiger partial charge in [-0.3, -0.25) is 10.1 Å². The van der Waals surface area contributed by atoms with E-state index in [-0.39, 0.29) is 0 Å². The molecule has 5 aromatic rings. The highest BCUT2D eigenvalue weighted by Crippen LogP contribution is 2.23. The second-order valence-electron chi connectivity index (χ2n) is 6.17. The van der Waals surface area contributed by atoms with E-state index in [1.54, 1.807) is 18.6 Å². The van der Waals surface area contributed by atoms with Gasteiger partial charge in [0.1, 0.15) is 5.82 Å². The lowest BCUT2D eigenvalue weighted by atomic mass is 10.2. The first-order valence-corrected chi connectivity index (χ1v) is 8.23. The molecule has 1 aromatic carbocycles. The van der Waals surface area contributed by atoms with Gasteiger partial charge in [0, 0.05) is 34.7 Å². The average Bonchev–Trinajstić information content (AvgIpc) is 3.26. The molecule has 4 heterocycles. The Labute approximate surface area is 148 Å². The smallest absolute Gasteiger partial charge is 0.163 e. The van der Waals surface area contributed by atoms with Gasteiger partial charge in [0.15, 0.2) is 5.82 Å². The van der Waals surface area contributed by atoms with Crippen molar-refractivity contribution in [3.05, 3.63) is 60.7 Å². The Morgan fingerprint density at radius 3 is 2.88 bits per heavy atom. The molecule has 3 N–H and O–H groups in total. The molecule has 126 valence electrons. The van der Waals surface area contributed by atoms with Gasteiger partial charge in [-0.1, -0.05) is 0 Å². The highest BCUT2D eigenvalue weighted by molar-refractivity contribution is 5.83. The van der Waals surface area contributed by atoms with Crippen LogP contribution in [0, 0.1) is 6.92 Å². The minimum absolute atomic E-state index is 0.626. The molecule has 0 saturated heterocycles. The van der Waals surface area contributed by atoms with Gasteiger partial charge in [-0.05, 0) is 43.3 Å². The van der Waals surface area contributed by atoms with Gasteiger partial charge in [-0.15, -0.1) is 0 Å². The molecule has 0 radical (unpaired) electrons. The van der Waals surface area contributed by atoms with Crippen molar-refractivity contribution in [1.82, 2.24) is 30.1 Å². The summed E-state index contributed by atoms with van der Waals surface area (Å²) in [7, 11) is 0. The second kappa shape index (κ2) is 5.66. The summed E-state index contributed by atoms with van der Waals surface area (Å²) in [6.45, 7) is 2.01. The molecule has 7 nitrogen and oxygen atoms in total. The Hall–Kier alpha value is -3.74. The zero-order valence-electron chi connectivity index (χ0n) is 14.0. The quantitative estimate of drug-likeness (QED) is 0.462. The van der Waals surface area contributed by atoms with Crippen LogP contribution in [-0.2, 0) is 0 Å². The SMILES string of the molecule is Cc1cc2ncc(-c3nccc(Nc4ccc5[nH]ncc5c4)n3)cc2[nH]1. The number of rotatable bonds is 3. The van der Waals surface area contributed by atoms with Gasteiger partial charge in [-0.2, -0.15) is 5.10 Å². The fourth-order valence-corrected chi connectivity index (χ4v) is 3.00. The Morgan fingerprint density at radius 2 is 1.92 bits per heavy atom. The maximum atomic E-state index is 4.62. The maximum Gasteiger partial charge on any atom is 0.163 e. The van der Waals surface area contributed by atoms with Crippen molar-refractivity contribution in [1.29, 1.82) is 0 Å². The normalized spacial score (nSPS) is 11.3. The van der Waals surface area contributed by atoms with Crippen LogP contribution < -0.4 is 5.32 Å². The molecule has 0 unspecified atom stereocenters. The molecule has 0 bridgehead atoms. The summed E-state index contributed by atoms with van der Waals surface area (Å²) in [5.41, 5.74) is 5.81. The predicted octanol–water partition coefficient (Wildman–Crippen LogP) is 3.95. The first kappa shape index (κ1) is 14.6. The van der Waals surface area contributed by atoms with Gasteiger partial charge < -0.3 is 10.3 Å². The van der Waals surface area contributed by atoms with Crippen LogP contribution in [0.3, 0.4) is 0 Å². The van der Waals surface area contributed by atoms with Crippen molar-refractivity contribution in [2.75, 3.05) is 5.32 Å². The average molecular weight is 341 g/mol. The first-order chi connectivity index (χ1) is 12.7. The zero-order chi connectivity index (χ0) is 17.5. The molecule has 0 aliphatic rings. The van der Waals surface area contributed by atoms with E-state index >= 15 is 0 Å². The van der Waals surface area contributed by atoms with E-state index in [2.05, 4.69) is 35.5 Å². The van der Waals surface area contributed by atoms with Gasteiger partial charge in [0.05, 0.1) is 22.7 Å². The number of benzene rings is 1. The summed E-state index contributed by atoms with van der Waals surface area (Å²) in [4.78, 5) is 16.8. The maximum absolute atomic E-state index is 4.62. The summed E-state index contributed by atoms with van der Waals surface area (Å²) in [5, 5.41) is 11.3. The number of H-pyrrole nitrogens is 2. The van der Waals surface area contributed by atoms with Gasteiger partial charge >= 0.3 is 0 Å². The van der Waals surface area contributed by atoms with Crippen LogP contribution in [0.25, 0.3) is 33.3 Å². The molecule has 0 atom stereocenters. The predicted molar refractivity (Wildman–Crippen MR) is 101 cm³/mol. The number of hydrogen-bond acceptors (Lipinski definition) is 5. The van der Waals surface area contributed by atoms with Crippen LogP contribution in [0.2, 0.25) is 0 Å². The molecular formula is C19H15N7. The highest BCUT2D eigenvalue weighted by atomic mass is 15.1. The number of aromatic amines is 2. The van der Waals surface area contributed by atoms with E-state index in [4.69, 9.17) is 0 Å². The highest BCUT2D eigenvalue weighted by Gasteiger charge is 2.07. The molecular weight excluding hydrogens is 326 g/mol. The van der Waals surface area contributed by atoms with Crippen LogP contribution in [0.15, 0.2) is 55.0 Å². The van der Waals surface area contributed by atoms with Crippen molar-refractivity contribution < 1.29 is 0 Å². The summed E-state index contributed by atoms with van der Waals surface area (Å²) in [5.74, 6) is 1.35. The molecule has 4 aromatic heterocycles. The fourth-order valence-electron chi connectivity index (χ4n) is 3.00. The van der Waals surface area contributed by atoms with Crippen molar-refractivity contribution in [2.24, 2.45) is 0 Å². The molecule has 0 saturated carbocycles. The van der Waals surface area contributed by atoms with Crippen LogP contribution in [-0.4, -0.2) is 30.1 Å². The third-order valence-electron chi connectivity index (χ3n) is 4.23. The molecule has 0 amide bonds. The molecule has 0 aliphatic heterocycles. The van der Waals surface area contributed by atoms with E-state index in [1.807, 2.05) is 43.3 Å². The number of aryl methyl sites for hydroxylation is 1. The minimum atomic E-state index is 0.626. The fraction of sp³-hybridized carbons (Fsp3) is 0.0526. The molecule has 7 heteroatoms. The summed E-state index contributed by atoms with van der Waals surface area (Å²) in [6, 6.07) is 11.9. The largest absolute Gasteiger partial charge is 0.357 e. The van der Waals surface area contributed by atoms with E-state index in [1.165, 1.54) is 0 Å². The lowest BCUT2D eigenvalue weighted by Gasteiger charge is -2.07. The lowest BCUT2D eigenvalue weighted by molar-refractivity contribution is 1.12. The molecule has 0 spiro atoms. The molecule has 26 heavy (non-hydrogen) atoms. The third-order valence-corrected chi connectivity index (χ3v) is 4.23. The van der Waals surface area contributed by atoms with Crippen molar-refractivity contribution >= 4 is 33.4 Å². The minimum Gasteiger partial charge on any atom is -0.357 e. The third kappa shape index (κ3) is 2.55. The standard InChI is InChI=1S/C19H15N7/c1-11-6-16-17(23-11)8-13(9-21-16)19-20-5-4-18(25-19)24-14-2-3-15-12(7-14)10-22-26-15/h2-10,23H,1H3,(H,22,26)(H,20,24,25). The Bertz CT molecular complexity index is 1240. The second-order valence-corrected chi connectivity index (χ2v) is 6.17. The Morgan fingerprint density at radius 1 is 0.962 bits per heavy atom. The van der Waals surface area contributed by atoms with E-state index < -0.39 is 0 Å². The number of pyridine rings is 1.